The van der Waals surface area contributed by atoms with Crippen molar-refractivity contribution < 1.29 is 46.9 Å². The number of hydrogen-bond donors (Lipinski definition) is 5. The molecule has 15 heteroatoms. The standard InChI is InChI=1S/C12H22N2O10P2S/c1-5-8(15)11-6(21-5)2-19-25(17)23-10-7(3-20-26(18,27)24-11)22-12(9(10)16)14-4-13/h4-12,15-16,25H,2-3H2,1H3,(H2,13,14)(H,18,27)/t5-,6+,7+,8?,9?,10?,11-,12+,26-/m0/s1. The third kappa shape index (κ3) is 4.93. The summed E-state index contributed by atoms with van der Waals surface area (Å²) in [5.41, 5.74) is 0. The second-order valence-corrected chi connectivity index (χ2v) is 10.1. The maximum absolute atomic E-state index is 12.6. The molecule has 3 heterocycles. The van der Waals surface area contributed by atoms with E-state index < -0.39 is 64.0 Å². The van der Waals surface area contributed by atoms with E-state index in [-0.39, 0.29) is 13.2 Å². The Kier molecular flexibility index (Phi) is 7.03. The van der Waals surface area contributed by atoms with Crippen molar-refractivity contribution >= 4 is 33.6 Å². The zero-order valence-electron chi connectivity index (χ0n) is 14.2. The largest absolute Gasteiger partial charge is 0.388 e. The molecule has 0 amide bonds. The molecule has 0 radical (unpaired) electrons. The van der Waals surface area contributed by atoms with E-state index >= 15 is 0 Å². The zero-order valence-corrected chi connectivity index (χ0v) is 17.0. The molecule has 12 nitrogen and oxygen atoms in total. The number of nitrogens with one attached hydrogen (secondary N) is 2. The summed E-state index contributed by atoms with van der Waals surface area (Å²) in [6.07, 6.45) is -7.32. The lowest BCUT2D eigenvalue weighted by molar-refractivity contribution is -0.0356. The van der Waals surface area contributed by atoms with Crippen molar-refractivity contribution in [2.75, 3.05) is 13.2 Å². The van der Waals surface area contributed by atoms with E-state index in [1.807, 2.05) is 0 Å². The number of aliphatic hydroxyl groups is 2. The van der Waals surface area contributed by atoms with Crippen LogP contribution in [0.1, 0.15) is 6.92 Å². The number of hydrogen-bond acceptors (Lipinski definition) is 11. The highest BCUT2D eigenvalue weighted by Gasteiger charge is 2.49. The van der Waals surface area contributed by atoms with E-state index in [9.17, 15) is 19.3 Å². The molecule has 0 aliphatic carbocycles. The molecule has 10 atom stereocenters. The Morgan fingerprint density at radius 3 is 2.63 bits per heavy atom. The molecule has 3 fully saturated rings. The Morgan fingerprint density at radius 1 is 1.22 bits per heavy atom. The molecule has 4 N–H and O–H groups in total. The average Bonchev–Trinajstić information content (AvgIpc) is 3.03. The fourth-order valence-electron chi connectivity index (χ4n) is 3.07. The fraction of sp³-hybridized carbons (Fsp3) is 0.917. The van der Waals surface area contributed by atoms with E-state index in [4.69, 9.17) is 33.0 Å². The van der Waals surface area contributed by atoms with Gasteiger partial charge in [-0.3, -0.25) is 19.0 Å². The van der Waals surface area contributed by atoms with Gasteiger partial charge in [0.2, 0.25) is 0 Å². The molecular formula is C12H22N2O10P2S. The minimum atomic E-state index is -3.95. The smallest absolute Gasteiger partial charge is 0.386 e. The number of rotatable bonds is 2. The van der Waals surface area contributed by atoms with Crippen LogP contribution in [0.2, 0.25) is 0 Å². The number of aliphatic hydroxyl groups excluding tert-OH is 2. The van der Waals surface area contributed by atoms with Gasteiger partial charge in [-0.05, 0) is 6.92 Å². The van der Waals surface area contributed by atoms with Crippen molar-refractivity contribution in [3.63, 3.8) is 0 Å². The summed E-state index contributed by atoms with van der Waals surface area (Å²) >= 11 is 3.90. The SMILES string of the molecule is C[C@@H]1O[C@@H]2CO[PH](=O)OC3C(O)[C@H](NC=N)O[C@@H]3CO[P@](=O)(S)O[C@@H]2C1O. The van der Waals surface area contributed by atoms with E-state index in [2.05, 4.69) is 17.6 Å². The quantitative estimate of drug-likeness (QED) is 0.162. The van der Waals surface area contributed by atoms with E-state index in [1.54, 1.807) is 6.92 Å². The van der Waals surface area contributed by atoms with Crippen molar-refractivity contribution in [2.45, 2.75) is 55.9 Å². The molecule has 0 aromatic carbocycles. The highest BCUT2D eigenvalue weighted by atomic mass is 32.7. The van der Waals surface area contributed by atoms with Crippen LogP contribution in [-0.4, -0.2) is 78.7 Å². The van der Waals surface area contributed by atoms with Crippen molar-refractivity contribution in [2.24, 2.45) is 0 Å². The molecule has 0 aromatic heterocycles. The lowest BCUT2D eigenvalue weighted by Crippen LogP contribution is -2.41. The van der Waals surface area contributed by atoms with Crippen LogP contribution in [-0.2, 0) is 36.7 Å². The summed E-state index contributed by atoms with van der Waals surface area (Å²) in [6, 6.07) is 0. The Bertz CT molecular complexity index is 629. The fourth-order valence-corrected chi connectivity index (χ4v) is 5.44. The van der Waals surface area contributed by atoms with E-state index in [1.165, 1.54) is 0 Å². The maximum atomic E-state index is 12.6. The van der Waals surface area contributed by atoms with Crippen molar-refractivity contribution in [3.8, 4) is 0 Å². The Labute approximate surface area is 160 Å². The van der Waals surface area contributed by atoms with Crippen LogP contribution in [0.25, 0.3) is 0 Å². The summed E-state index contributed by atoms with van der Waals surface area (Å²) < 4.78 is 56.7. The maximum Gasteiger partial charge on any atom is 0.386 e. The Morgan fingerprint density at radius 2 is 1.93 bits per heavy atom. The monoisotopic (exact) mass is 448 g/mol. The minimum Gasteiger partial charge on any atom is -0.388 e. The summed E-state index contributed by atoms with van der Waals surface area (Å²) in [6.45, 7) is -3.00. The lowest BCUT2D eigenvalue weighted by Gasteiger charge is -2.27. The third-order valence-electron chi connectivity index (χ3n) is 4.41. The van der Waals surface area contributed by atoms with E-state index in [0.29, 0.717) is 0 Å². The van der Waals surface area contributed by atoms with Gasteiger partial charge in [0.25, 0.3) is 0 Å². The Balaban J connectivity index is 1.79. The van der Waals surface area contributed by atoms with Crippen LogP contribution in [0.15, 0.2) is 0 Å². The van der Waals surface area contributed by atoms with Gasteiger partial charge in [0.1, 0.15) is 36.6 Å². The molecule has 3 aliphatic heterocycles. The Hall–Kier alpha value is -0.0400. The highest BCUT2D eigenvalue weighted by molar-refractivity contribution is 8.44. The van der Waals surface area contributed by atoms with Gasteiger partial charge in [-0.25, -0.2) is 4.57 Å². The average molecular weight is 448 g/mol. The van der Waals surface area contributed by atoms with Gasteiger partial charge in [-0.1, -0.05) is 12.2 Å². The van der Waals surface area contributed by atoms with Crippen LogP contribution in [0.5, 0.6) is 0 Å². The third-order valence-corrected chi connectivity index (χ3v) is 6.89. The molecule has 0 spiro atoms. The molecule has 3 saturated heterocycles. The van der Waals surface area contributed by atoms with Gasteiger partial charge >= 0.3 is 15.1 Å². The normalized spacial score (nSPS) is 51.5. The van der Waals surface area contributed by atoms with Crippen LogP contribution >= 0.6 is 27.3 Å². The summed E-state index contributed by atoms with van der Waals surface area (Å²) in [4.78, 5) is 0. The molecule has 0 saturated carbocycles. The van der Waals surface area contributed by atoms with Gasteiger partial charge in [0.15, 0.2) is 6.23 Å². The summed E-state index contributed by atoms with van der Waals surface area (Å²) in [5.74, 6) is 0. The molecule has 3 rings (SSSR count). The van der Waals surface area contributed by atoms with Gasteiger partial charge in [-0.15, -0.1) is 0 Å². The predicted octanol–water partition coefficient (Wildman–Crippen LogP) is -0.338. The van der Waals surface area contributed by atoms with Crippen molar-refractivity contribution in [1.29, 1.82) is 5.41 Å². The van der Waals surface area contributed by atoms with Crippen LogP contribution < -0.4 is 5.32 Å². The van der Waals surface area contributed by atoms with Gasteiger partial charge in [-0.2, -0.15) is 0 Å². The molecule has 156 valence electrons. The minimum absolute atomic E-state index is 0.270. The number of fused-ring (bicyclic) bond motifs is 2. The highest BCUT2D eigenvalue weighted by Crippen LogP contribution is 2.56. The van der Waals surface area contributed by atoms with E-state index in [0.717, 1.165) is 6.34 Å². The van der Waals surface area contributed by atoms with Gasteiger partial charge in [0.05, 0.1) is 25.7 Å². The first-order valence-corrected chi connectivity index (χ1v) is 12.0. The first-order valence-electron chi connectivity index (χ1n) is 8.13. The molecule has 27 heavy (non-hydrogen) atoms. The lowest BCUT2D eigenvalue weighted by atomic mass is 10.1. The van der Waals surface area contributed by atoms with Gasteiger partial charge < -0.3 is 34.1 Å². The molecule has 3 aliphatic rings. The van der Waals surface area contributed by atoms with Crippen LogP contribution in [0.3, 0.4) is 0 Å². The van der Waals surface area contributed by atoms with Crippen molar-refractivity contribution in [1.82, 2.24) is 5.32 Å². The first-order chi connectivity index (χ1) is 12.7. The molecular weight excluding hydrogens is 426 g/mol. The van der Waals surface area contributed by atoms with Crippen LogP contribution in [0.4, 0.5) is 0 Å². The summed E-state index contributed by atoms with van der Waals surface area (Å²) in [5, 5.41) is 29.9. The number of thiol groups is 1. The second-order valence-electron chi connectivity index (χ2n) is 6.24. The first kappa shape index (κ1) is 21.7. The molecule has 4 unspecified atom stereocenters. The van der Waals surface area contributed by atoms with Crippen LogP contribution in [0, 0.1) is 5.41 Å². The number of ether oxygens (including phenoxy) is 2. The summed E-state index contributed by atoms with van der Waals surface area (Å²) in [7, 11) is -3.08. The topological polar surface area (TPSA) is 166 Å². The molecule has 0 aromatic rings. The molecule has 0 bridgehead atoms. The second kappa shape index (κ2) is 8.76. The van der Waals surface area contributed by atoms with Gasteiger partial charge in [0, 0.05) is 0 Å². The van der Waals surface area contributed by atoms with Crippen molar-refractivity contribution in [3.05, 3.63) is 0 Å². The predicted molar refractivity (Wildman–Crippen MR) is 94.2 cm³/mol. The zero-order chi connectivity index (χ0) is 19.8.